The zero-order valence-electron chi connectivity index (χ0n) is 52.2. The topological polar surface area (TPSA) is 78.9 Å². The van der Waals surface area contributed by atoms with Gasteiger partial charge in [-0.2, -0.15) is 0 Å². The van der Waals surface area contributed by atoms with Crippen molar-refractivity contribution in [3.05, 3.63) is 194 Å². The third kappa shape index (κ3) is 65.1. The van der Waals surface area contributed by atoms with Gasteiger partial charge in [-0.25, -0.2) is 0 Å². The van der Waals surface area contributed by atoms with Gasteiger partial charge in [0.1, 0.15) is 13.2 Å². The van der Waals surface area contributed by atoms with Crippen molar-refractivity contribution in [2.45, 2.75) is 252 Å². The van der Waals surface area contributed by atoms with E-state index in [9.17, 15) is 14.4 Å². The average Bonchev–Trinajstić information content (AvgIpc) is 3.47. The van der Waals surface area contributed by atoms with Crippen molar-refractivity contribution in [2.75, 3.05) is 13.2 Å². The number of carbonyl (C=O) groups is 3. The van der Waals surface area contributed by atoms with Crippen molar-refractivity contribution in [2.24, 2.45) is 0 Å². The summed E-state index contributed by atoms with van der Waals surface area (Å²) in [4.78, 5) is 38.3. The second-order valence-corrected chi connectivity index (χ2v) is 20.5. The molecule has 456 valence electrons. The molecular formula is C76H116O6. The normalized spacial score (nSPS) is 13.5. The van der Waals surface area contributed by atoms with Crippen LogP contribution >= 0.6 is 0 Å². The Bertz CT molecular complexity index is 1970. The first-order valence-corrected chi connectivity index (χ1v) is 32.4. The second-order valence-electron chi connectivity index (χ2n) is 20.5. The van der Waals surface area contributed by atoms with Crippen molar-refractivity contribution in [3.8, 4) is 0 Å². The van der Waals surface area contributed by atoms with E-state index in [1.807, 2.05) is 0 Å². The lowest BCUT2D eigenvalue weighted by Crippen LogP contribution is -2.30. The van der Waals surface area contributed by atoms with E-state index in [0.29, 0.717) is 19.3 Å². The van der Waals surface area contributed by atoms with E-state index in [1.165, 1.54) is 32.1 Å². The Hall–Kier alpha value is -5.75. The lowest BCUT2D eigenvalue weighted by Gasteiger charge is -2.18. The Labute approximate surface area is 503 Å². The number of ether oxygens (including phenoxy) is 3. The maximum atomic E-state index is 12.9. The lowest BCUT2D eigenvalue weighted by molar-refractivity contribution is -0.167. The summed E-state index contributed by atoms with van der Waals surface area (Å²) in [6.45, 7) is 6.29. The summed E-state index contributed by atoms with van der Waals surface area (Å²) in [5.41, 5.74) is 0. The molecule has 6 heteroatoms. The van der Waals surface area contributed by atoms with Gasteiger partial charge in [0.15, 0.2) is 6.10 Å². The van der Waals surface area contributed by atoms with Gasteiger partial charge >= 0.3 is 17.9 Å². The van der Waals surface area contributed by atoms with Crippen LogP contribution < -0.4 is 0 Å². The van der Waals surface area contributed by atoms with Crippen molar-refractivity contribution < 1.29 is 28.6 Å². The molecule has 0 spiro atoms. The molecule has 0 bridgehead atoms. The summed E-state index contributed by atoms with van der Waals surface area (Å²) in [6.07, 6.45) is 103. The minimum absolute atomic E-state index is 0.124. The molecule has 1 atom stereocenters. The van der Waals surface area contributed by atoms with Gasteiger partial charge < -0.3 is 14.2 Å². The fourth-order valence-electron chi connectivity index (χ4n) is 8.03. The van der Waals surface area contributed by atoms with Crippen molar-refractivity contribution >= 4 is 17.9 Å². The van der Waals surface area contributed by atoms with Crippen LogP contribution in [0.25, 0.3) is 0 Å². The Morgan fingerprint density at radius 1 is 0.256 bits per heavy atom. The Morgan fingerprint density at radius 3 is 0.793 bits per heavy atom. The summed E-state index contributed by atoms with van der Waals surface area (Å²) >= 11 is 0. The monoisotopic (exact) mass is 1120 g/mol. The Kier molecular flexibility index (Phi) is 63.0. The van der Waals surface area contributed by atoms with Crippen LogP contribution in [0.1, 0.15) is 245 Å². The molecule has 0 fully saturated rings. The number of hydrogen-bond donors (Lipinski definition) is 0. The molecule has 0 amide bonds. The fourth-order valence-corrected chi connectivity index (χ4v) is 8.03. The first kappa shape index (κ1) is 76.2. The summed E-state index contributed by atoms with van der Waals surface area (Å²) < 4.78 is 16.8. The molecule has 6 nitrogen and oxygen atoms in total. The van der Waals surface area contributed by atoms with Gasteiger partial charge in [0.2, 0.25) is 0 Å². The summed E-state index contributed by atoms with van der Waals surface area (Å²) in [6, 6.07) is 0. The maximum absolute atomic E-state index is 12.9. The van der Waals surface area contributed by atoms with Crippen LogP contribution in [-0.4, -0.2) is 37.2 Å². The zero-order valence-corrected chi connectivity index (χ0v) is 52.2. The Balaban J connectivity index is 4.51. The smallest absolute Gasteiger partial charge is 0.306 e. The zero-order chi connectivity index (χ0) is 59.2. The van der Waals surface area contributed by atoms with Crippen LogP contribution in [0.4, 0.5) is 0 Å². The summed E-state index contributed by atoms with van der Waals surface area (Å²) in [7, 11) is 0. The number of esters is 3. The number of hydrogen-bond acceptors (Lipinski definition) is 6. The van der Waals surface area contributed by atoms with E-state index < -0.39 is 6.10 Å². The van der Waals surface area contributed by atoms with Crippen LogP contribution in [0.3, 0.4) is 0 Å². The average molecular weight is 1130 g/mol. The highest BCUT2D eigenvalue weighted by Gasteiger charge is 2.19. The van der Waals surface area contributed by atoms with E-state index in [1.54, 1.807) is 0 Å². The van der Waals surface area contributed by atoms with Crippen LogP contribution in [0.5, 0.6) is 0 Å². The number of allylic oxidation sites excluding steroid dienone is 32. The predicted molar refractivity (Wildman–Crippen MR) is 357 cm³/mol. The van der Waals surface area contributed by atoms with Gasteiger partial charge in [0.25, 0.3) is 0 Å². The van der Waals surface area contributed by atoms with Crippen molar-refractivity contribution in [1.29, 1.82) is 0 Å². The SMILES string of the molecule is CC/C=C\C/C=C\C/C=C\C/C=C\C/C=C\C/C=C\C/C=C\C/C=C\CCCCCCC(=O)OCC(COC(=O)CCCCCCC/C=C\CCCCC)OC(=O)CCC/C=C\C/C=C\C/C=C\C/C=C\C/C=C\C/C=C\C/C=C\CC. The molecule has 0 aromatic heterocycles. The number of rotatable bonds is 56. The molecule has 0 aliphatic heterocycles. The molecule has 0 radical (unpaired) electrons. The van der Waals surface area contributed by atoms with E-state index >= 15 is 0 Å². The minimum atomic E-state index is -0.836. The fraction of sp³-hybridized carbons (Fsp3) is 0.539. The molecule has 1 unspecified atom stereocenters. The highest BCUT2D eigenvalue weighted by molar-refractivity contribution is 5.71. The van der Waals surface area contributed by atoms with Crippen molar-refractivity contribution in [3.63, 3.8) is 0 Å². The third-order valence-electron chi connectivity index (χ3n) is 12.8. The van der Waals surface area contributed by atoms with E-state index in [0.717, 1.165) is 167 Å². The molecule has 0 heterocycles. The van der Waals surface area contributed by atoms with E-state index in [2.05, 4.69) is 215 Å². The molecule has 82 heavy (non-hydrogen) atoms. The van der Waals surface area contributed by atoms with Gasteiger partial charge in [0, 0.05) is 19.3 Å². The molecule has 0 rings (SSSR count). The van der Waals surface area contributed by atoms with Gasteiger partial charge in [-0.1, -0.05) is 260 Å². The molecule has 0 N–H and O–H groups in total. The predicted octanol–water partition coefficient (Wildman–Crippen LogP) is 22.6. The van der Waals surface area contributed by atoms with Crippen LogP contribution in [0.2, 0.25) is 0 Å². The minimum Gasteiger partial charge on any atom is -0.462 e. The maximum Gasteiger partial charge on any atom is 0.306 e. The quantitative estimate of drug-likeness (QED) is 0.0261. The molecule has 0 aliphatic rings. The van der Waals surface area contributed by atoms with Gasteiger partial charge in [-0.05, 0) is 161 Å². The highest BCUT2D eigenvalue weighted by Crippen LogP contribution is 2.12. The number of unbranched alkanes of at least 4 members (excludes halogenated alkanes) is 13. The molecule has 0 saturated carbocycles. The summed E-state index contributed by atoms with van der Waals surface area (Å²) in [5.74, 6) is -1.03. The highest BCUT2D eigenvalue weighted by atomic mass is 16.6. The van der Waals surface area contributed by atoms with Gasteiger partial charge in [-0.3, -0.25) is 14.4 Å². The van der Waals surface area contributed by atoms with Crippen LogP contribution in [0.15, 0.2) is 194 Å². The summed E-state index contributed by atoms with van der Waals surface area (Å²) in [5, 5.41) is 0. The first-order chi connectivity index (χ1) is 40.5. The molecule has 0 aliphatic carbocycles. The van der Waals surface area contributed by atoms with E-state index in [-0.39, 0.29) is 37.5 Å². The molecule has 0 aromatic rings. The van der Waals surface area contributed by atoms with Crippen LogP contribution in [0, 0.1) is 0 Å². The molecular weight excluding hydrogens is 1010 g/mol. The first-order valence-electron chi connectivity index (χ1n) is 32.4. The van der Waals surface area contributed by atoms with E-state index in [4.69, 9.17) is 14.2 Å². The third-order valence-corrected chi connectivity index (χ3v) is 12.8. The van der Waals surface area contributed by atoms with Gasteiger partial charge in [0.05, 0.1) is 0 Å². The second kappa shape index (κ2) is 67.8. The van der Waals surface area contributed by atoms with Crippen molar-refractivity contribution in [1.82, 2.24) is 0 Å². The molecule has 0 aromatic carbocycles. The van der Waals surface area contributed by atoms with Crippen LogP contribution in [-0.2, 0) is 28.6 Å². The Morgan fingerprint density at radius 2 is 0.488 bits per heavy atom. The molecule has 0 saturated heterocycles. The standard InChI is InChI=1S/C76H116O6/c1-4-7-10-13-16-19-22-25-27-29-31-33-35-36-37-38-39-40-42-43-45-47-49-51-54-57-60-63-66-69-75(78)81-72-73(71-80-74(77)68-65-62-59-56-53-24-21-18-15-12-9-6-3)82-76(79)70-67-64-61-58-55-52-50-48-46-44-41-34-32-30-28-26-23-20-17-14-11-8-5-2/h7-8,10-11,16-21,25-28,31-34,36-37,39-40,43-46,49-52,58,61,73H,4-6,9,12-15,22-24,29-30,35,38,41-42,47-48,53-57,59-60,62-72H2,1-3H3/b10-7-,11-8-,19-16-,20-17-,21-18-,27-25-,28-26-,33-31-,34-32-,37-36-,40-39-,45-43-,46-44-,51-49-,52-50-,61-58-. The largest absolute Gasteiger partial charge is 0.462 e. The van der Waals surface area contributed by atoms with Gasteiger partial charge in [-0.15, -0.1) is 0 Å². The number of carbonyl (C=O) groups excluding carboxylic acids is 3. The lowest BCUT2D eigenvalue weighted by atomic mass is 10.1.